The maximum absolute atomic E-state index is 12.9. The van der Waals surface area contributed by atoms with Gasteiger partial charge in [-0.1, -0.05) is 44.2 Å². The van der Waals surface area contributed by atoms with Crippen LogP contribution in [0.4, 0.5) is 0 Å². The van der Waals surface area contributed by atoms with Gasteiger partial charge >= 0.3 is 0 Å². The molecular formula is C22H31N3O. The molecule has 0 radical (unpaired) electrons. The molecule has 0 unspecified atom stereocenters. The highest BCUT2D eigenvalue weighted by atomic mass is 16.2. The van der Waals surface area contributed by atoms with E-state index in [1.165, 1.54) is 16.8 Å². The van der Waals surface area contributed by atoms with Crippen molar-refractivity contribution < 1.29 is 4.79 Å². The Morgan fingerprint density at radius 3 is 2.54 bits per heavy atom. The highest BCUT2D eigenvalue weighted by molar-refractivity contribution is 5.77. The average molecular weight is 354 g/mol. The molecule has 0 N–H and O–H groups in total. The van der Waals surface area contributed by atoms with Gasteiger partial charge in [-0.3, -0.25) is 9.48 Å². The first kappa shape index (κ1) is 18.7. The molecule has 0 saturated heterocycles. The van der Waals surface area contributed by atoms with Gasteiger partial charge in [0, 0.05) is 31.2 Å². The minimum atomic E-state index is 0.270. The third-order valence-electron chi connectivity index (χ3n) is 5.16. The number of hydrogen-bond donors (Lipinski definition) is 0. The van der Waals surface area contributed by atoms with Gasteiger partial charge < -0.3 is 4.90 Å². The Morgan fingerprint density at radius 2 is 1.92 bits per heavy atom. The molecule has 0 spiro atoms. The molecule has 140 valence electrons. The summed E-state index contributed by atoms with van der Waals surface area (Å²) >= 11 is 0. The lowest BCUT2D eigenvalue weighted by molar-refractivity contribution is -0.132. The van der Waals surface area contributed by atoms with E-state index in [2.05, 4.69) is 54.5 Å². The summed E-state index contributed by atoms with van der Waals surface area (Å²) in [5, 5.41) is 4.68. The Balaban J connectivity index is 1.64. The van der Waals surface area contributed by atoms with Crippen LogP contribution in [0.3, 0.4) is 0 Å². The summed E-state index contributed by atoms with van der Waals surface area (Å²) in [5.74, 6) is 0.838. The van der Waals surface area contributed by atoms with E-state index in [1.807, 2.05) is 18.2 Å². The second kappa shape index (κ2) is 8.07. The van der Waals surface area contributed by atoms with Crippen LogP contribution < -0.4 is 0 Å². The number of nitrogens with zero attached hydrogens (tertiary/aromatic N) is 3. The van der Waals surface area contributed by atoms with E-state index < -0.39 is 0 Å². The standard InChI is InChI=1S/C22H31N3O/c1-16(2)14-25-18(4)21(17(3)23-25)12-13-22(26)24(20-10-11-20)15-19-8-6-5-7-9-19/h5-9,16,20H,10-15H2,1-4H3. The van der Waals surface area contributed by atoms with Crippen molar-refractivity contribution in [2.75, 3.05) is 0 Å². The minimum Gasteiger partial charge on any atom is -0.335 e. The molecule has 0 bridgehead atoms. The first-order chi connectivity index (χ1) is 12.5. The molecule has 1 aliphatic carbocycles. The van der Waals surface area contributed by atoms with Crippen molar-refractivity contribution in [3.63, 3.8) is 0 Å². The Morgan fingerprint density at radius 1 is 1.23 bits per heavy atom. The van der Waals surface area contributed by atoms with Gasteiger partial charge in [0.1, 0.15) is 0 Å². The number of aryl methyl sites for hydroxylation is 1. The van der Waals surface area contributed by atoms with Crippen molar-refractivity contribution >= 4 is 5.91 Å². The average Bonchev–Trinajstić information content (AvgIpc) is 3.40. The molecule has 1 aromatic heterocycles. The summed E-state index contributed by atoms with van der Waals surface area (Å²) in [6.07, 6.45) is 3.64. The zero-order valence-corrected chi connectivity index (χ0v) is 16.5. The van der Waals surface area contributed by atoms with Gasteiger partial charge in [0.2, 0.25) is 5.91 Å². The summed E-state index contributed by atoms with van der Waals surface area (Å²) in [4.78, 5) is 15.0. The van der Waals surface area contributed by atoms with Crippen LogP contribution in [0.1, 0.15) is 55.6 Å². The number of benzene rings is 1. The molecule has 4 nitrogen and oxygen atoms in total. The lowest BCUT2D eigenvalue weighted by Crippen LogP contribution is -2.32. The summed E-state index contributed by atoms with van der Waals surface area (Å²) in [7, 11) is 0. The number of aromatic nitrogens is 2. The van der Waals surface area contributed by atoms with Crippen LogP contribution in [0, 0.1) is 19.8 Å². The van der Waals surface area contributed by atoms with Gasteiger partial charge in [-0.15, -0.1) is 0 Å². The van der Waals surface area contributed by atoms with Crippen LogP contribution in [0.25, 0.3) is 0 Å². The summed E-state index contributed by atoms with van der Waals surface area (Å²) in [6, 6.07) is 10.8. The predicted octanol–water partition coefficient (Wildman–Crippen LogP) is 4.28. The van der Waals surface area contributed by atoms with E-state index in [1.54, 1.807) is 0 Å². The number of carbonyl (C=O) groups excluding carboxylic acids is 1. The fourth-order valence-corrected chi connectivity index (χ4v) is 3.58. The Kier molecular flexibility index (Phi) is 5.80. The van der Waals surface area contributed by atoms with Gasteiger partial charge in [0.25, 0.3) is 0 Å². The van der Waals surface area contributed by atoms with Crippen molar-refractivity contribution in [3.05, 3.63) is 52.8 Å². The van der Waals surface area contributed by atoms with Crippen molar-refractivity contribution in [1.29, 1.82) is 0 Å². The first-order valence-electron chi connectivity index (χ1n) is 9.82. The molecule has 4 heteroatoms. The van der Waals surface area contributed by atoms with E-state index in [0.29, 0.717) is 18.4 Å². The molecule has 1 heterocycles. The number of hydrogen-bond acceptors (Lipinski definition) is 2. The SMILES string of the molecule is Cc1nn(CC(C)C)c(C)c1CCC(=O)N(Cc1ccccc1)C1CC1. The summed E-state index contributed by atoms with van der Waals surface area (Å²) in [5.41, 5.74) is 4.74. The lowest BCUT2D eigenvalue weighted by atomic mass is 10.1. The fraction of sp³-hybridized carbons (Fsp3) is 0.545. The molecule has 1 aliphatic rings. The molecular weight excluding hydrogens is 322 g/mol. The van der Waals surface area contributed by atoms with Crippen molar-refractivity contribution in [2.45, 2.75) is 72.5 Å². The zero-order chi connectivity index (χ0) is 18.7. The van der Waals surface area contributed by atoms with Crippen LogP contribution in [-0.2, 0) is 24.3 Å². The van der Waals surface area contributed by atoms with Crippen LogP contribution in [0.2, 0.25) is 0 Å². The zero-order valence-electron chi connectivity index (χ0n) is 16.5. The topological polar surface area (TPSA) is 38.1 Å². The number of amides is 1. The van der Waals surface area contributed by atoms with Crippen LogP contribution >= 0.6 is 0 Å². The smallest absolute Gasteiger partial charge is 0.223 e. The Hall–Kier alpha value is -2.10. The number of rotatable bonds is 8. The second-order valence-corrected chi connectivity index (χ2v) is 7.96. The van der Waals surface area contributed by atoms with Gasteiger partial charge in [-0.25, -0.2) is 0 Å². The summed E-state index contributed by atoms with van der Waals surface area (Å²) in [6.45, 7) is 10.3. The van der Waals surface area contributed by atoms with Gasteiger partial charge in [-0.2, -0.15) is 5.10 Å². The van der Waals surface area contributed by atoms with E-state index in [0.717, 1.165) is 38.0 Å². The summed E-state index contributed by atoms with van der Waals surface area (Å²) < 4.78 is 2.10. The molecule has 1 saturated carbocycles. The van der Waals surface area contributed by atoms with Crippen molar-refractivity contribution in [1.82, 2.24) is 14.7 Å². The largest absolute Gasteiger partial charge is 0.335 e. The Bertz CT molecular complexity index is 744. The molecule has 1 aromatic carbocycles. The molecule has 0 atom stereocenters. The van der Waals surface area contributed by atoms with E-state index in [9.17, 15) is 4.79 Å². The normalized spacial score (nSPS) is 14.0. The number of carbonyl (C=O) groups is 1. The lowest BCUT2D eigenvalue weighted by Gasteiger charge is -2.22. The molecule has 26 heavy (non-hydrogen) atoms. The maximum Gasteiger partial charge on any atom is 0.223 e. The van der Waals surface area contributed by atoms with Gasteiger partial charge in [0.05, 0.1) is 5.69 Å². The maximum atomic E-state index is 12.9. The van der Waals surface area contributed by atoms with Crippen molar-refractivity contribution in [3.8, 4) is 0 Å². The van der Waals surface area contributed by atoms with Gasteiger partial charge in [0.15, 0.2) is 0 Å². The van der Waals surface area contributed by atoms with Crippen molar-refractivity contribution in [2.24, 2.45) is 5.92 Å². The molecule has 1 fully saturated rings. The highest BCUT2D eigenvalue weighted by Gasteiger charge is 2.32. The highest BCUT2D eigenvalue weighted by Crippen LogP contribution is 2.29. The molecule has 3 rings (SSSR count). The molecule has 2 aromatic rings. The van der Waals surface area contributed by atoms with Gasteiger partial charge in [-0.05, 0) is 50.2 Å². The monoisotopic (exact) mass is 353 g/mol. The molecule has 1 amide bonds. The molecule has 0 aliphatic heterocycles. The van der Waals surface area contributed by atoms with Crippen LogP contribution in [0.15, 0.2) is 30.3 Å². The van der Waals surface area contributed by atoms with Crippen LogP contribution in [-0.4, -0.2) is 26.6 Å². The fourth-order valence-electron chi connectivity index (χ4n) is 3.58. The minimum absolute atomic E-state index is 0.270. The van der Waals surface area contributed by atoms with E-state index in [4.69, 9.17) is 0 Å². The quantitative estimate of drug-likeness (QED) is 0.710. The van der Waals surface area contributed by atoms with Crippen LogP contribution in [0.5, 0.6) is 0 Å². The third-order valence-corrected chi connectivity index (χ3v) is 5.16. The van der Waals surface area contributed by atoms with E-state index in [-0.39, 0.29) is 5.91 Å². The Labute approximate surface area is 157 Å². The second-order valence-electron chi connectivity index (χ2n) is 7.96. The van der Waals surface area contributed by atoms with E-state index >= 15 is 0 Å². The first-order valence-corrected chi connectivity index (χ1v) is 9.82. The third kappa shape index (κ3) is 4.54. The predicted molar refractivity (Wildman–Crippen MR) is 105 cm³/mol.